The van der Waals surface area contributed by atoms with Crippen molar-refractivity contribution in [2.75, 3.05) is 17.6 Å². The third-order valence-corrected chi connectivity index (χ3v) is 2.19. The fourth-order valence-corrected chi connectivity index (χ4v) is 1.22. The van der Waals surface area contributed by atoms with E-state index in [1.54, 1.807) is 0 Å². The van der Waals surface area contributed by atoms with Gasteiger partial charge in [0, 0.05) is 18.0 Å². The SMILES string of the molecule is Cc1ccc(NCCS(=O)[O-])cc1. The first-order valence-electron chi connectivity index (χ1n) is 4.05. The molecule has 1 aromatic rings. The molecule has 0 heterocycles. The molecule has 1 rings (SSSR count). The lowest BCUT2D eigenvalue weighted by molar-refractivity contribution is 0.537. The Morgan fingerprint density at radius 3 is 2.54 bits per heavy atom. The van der Waals surface area contributed by atoms with Gasteiger partial charge in [0.25, 0.3) is 0 Å². The van der Waals surface area contributed by atoms with Gasteiger partial charge in [-0.05, 0) is 19.1 Å². The van der Waals surface area contributed by atoms with Crippen LogP contribution in [0.1, 0.15) is 5.56 Å². The zero-order valence-corrected chi connectivity index (χ0v) is 8.26. The van der Waals surface area contributed by atoms with E-state index in [9.17, 15) is 8.76 Å². The Balaban J connectivity index is 2.37. The van der Waals surface area contributed by atoms with Gasteiger partial charge in [0.2, 0.25) is 0 Å². The molecule has 0 amide bonds. The van der Waals surface area contributed by atoms with E-state index in [0.29, 0.717) is 6.54 Å². The maximum atomic E-state index is 10.2. The number of nitrogens with one attached hydrogen (secondary N) is 1. The molecule has 1 atom stereocenters. The van der Waals surface area contributed by atoms with E-state index in [2.05, 4.69) is 5.32 Å². The van der Waals surface area contributed by atoms with E-state index in [4.69, 9.17) is 0 Å². The minimum atomic E-state index is -1.96. The lowest BCUT2D eigenvalue weighted by atomic mass is 10.2. The highest BCUT2D eigenvalue weighted by Crippen LogP contribution is 2.07. The Morgan fingerprint density at radius 1 is 1.38 bits per heavy atom. The molecule has 3 nitrogen and oxygen atoms in total. The van der Waals surface area contributed by atoms with Gasteiger partial charge in [0.05, 0.1) is 0 Å². The number of rotatable bonds is 4. The molecule has 0 fully saturated rings. The molecule has 1 aromatic carbocycles. The molecule has 0 spiro atoms. The van der Waals surface area contributed by atoms with Gasteiger partial charge in [-0.3, -0.25) is 4.21 Å². The van der Waals surface area contributed by atoms with Crippen molar-refractivity contribution in [2.24, 2.45) is 0 Å². The quantitative estimate of drug-likeness (QED) is 0.742. The maximum absolute atomic E-state index is 10.2. The Kier molecular flexibility index (Phi) is 3.92. The van der Waals surface area contributed by atoms with Gasteiger partial charge < -0.3 is 9.87 Å². The van der Waals surface area contributed by atoms with Crippen molar-refractivity contribution in [2.45, 2.75) is 6.92 Å². The van der Waals surface area contributed by atoms with E-state index in [-0.39, 0.29) is 5.75 Å². The van der Waals surface area contributed by atoms with Crippen LogP contribution in [0.3, 0.4) is 0 Å². The number of hydrogen-bond acceptors (Lipinski definition) is 3. The van der Waals surface area contributed by atoms with Crippen LogP contribution in [0.15, 0.2) is 24.3 Å². The summed E-state index contributed by atoms with van der Waals surface area (Å²) < 4.78 is 20.4. The molecule has 0 aromatic heterocycles. The van der Waals surface area contributed by atoms with Gasteiger partial charge in [-0.15, -0.1) is 0 Å². The van der Waals surface area contributed by atoms with Crippen LogP contribution in [0.4, 0.5) is 5.69 Å². The van der Waals surface area contributed by atoms with Gasteiger partial charge in [-0.1, -0.05) is 28.8 Å². The molecule has 0 aliphatic rings. The number of benzene rings is 1. The van der Waals surface area contributed by atoms with Crippen LogP contribution < -0.4 is 5.32 Å². The monoisotopic (exact) mass is 198 g/mol. The van der Waals surface area contributed by atoms with Crippen LogP contribution >= 0.6 is 0 Å². The highest BCUT2D eigenvalue weighted by Gasteiger charge is 1.90. The summed E-state index contributed by atoms with van der Waals surface area (Å²) in [4.78, 5) is 0. The van der Waals surface area contributed by atoms with Crippen LogP contribution in [0.2, 0.25) is 0 Å². The van der Waals surface area contributed by atoms with Gasteiger partial charge >= 0.3 is 0 Å². The molecule has 72 valence electrons. The lowest BCUT2D eigenvalue weighted by Crippen LogP contribution is -2.09. The van der Waals surface area contributed by atoms with Crippen LogP contribution in [0.25, 0.3) is 0 Å². The number of hydrogen-bond donors (Lipinski definition) is 1. The Morgan fingerprint density at radius 2 is 2.00 bits per heavy atom. The molecule has 0 aliphatic carbocycles. The number of aryl methyl sites for hydroxylation is 1. The zero-order valence-electron chi connectivity index (χ0n) is 7.45. The summed E-state index contributed by atoms with van der Waals surface area (Å²) >= 11 is -1.96. The molecular weight excluding hydrogens is 186 g/mol. The summed E-state index contributed by atoms with van der Waals surface area (Å²) in [7, 11) is 0. The molecule has 0 bridgehead atoms. The molecular formula is C9H12NO2S-. The number of anilines is 1. The smallest absolute Gasteiger partial charge is 0.0340 e. The summed E-state index contributed by atoms with van der Waals surface area (Å²) in [6.07, 6.45) is 0. The topological polar surface area (TPSA) is 52.2 Å². The average Bonchev–Trinajstić information content (AvgIpc) is 2.08. The summed E-state index contributed by atoms with van der Waals surface area (Å²) in [6, 6.07) is 7.83. The lowest BCUT2D eigenvalue weighted by Gasteiger charge is -2.07. The van der Waals surface area contributed by atoms with Crippen molar-refractivity contribution >= 4 is 16.8 Å². The average molecular weight is 198 g/mol. The maximum Gasteiger partial charge on any atom is 0.0340 e. The zero-order chi connectivity index (χ0) is 9.68. The van der Waals surface area contributed by atoms with Crippen LogP contribution in [0.5, 0.6) is 0 Å². The highest BCUT2D eigenvalue weighted by atomic mass is 32.2. The molecule has 4 heteroatoms. The van der Waals surface area contributed by atoms with Crippen molar-refractivity contribution in [3.63, 3.8) is 0 Å². The van der Waals surface area contributed by atoms with Crippen molar-refractivity contribution < 1.29 is 8.76 Å². The van der Waals surface area contributed by atoms with E-state index in [1.807, 2.05) is 31.2 Å². The Hall–Kier alpha value is -0.870. The molecule has 0 saturated heterocycles. The Bertz CT molecular complexity index is 284. The van der Waals surface area contributed by atoms with Crippen molar-refractivity contribution in [3.8, 4) is 0 Å². The summed E-state index contributed by atoms with van der Waals surface area (Å²) in [5.74, 6) is 0.147. The first-order chi connectivity index (χ1) is 6.18. The first kappa shape index (κ1) is 10.2. The standard InChI is InChI=1S/C9H13NO2S/c1-8-2-4-9(5-3-8)10-6-7-13(11)12/h2-5,10H,6-7H2,1H3,(H,11,12)/p-1. The van der Waals surface area contributed by atoms with Crippen molar-refractivity contribution in [1.82, 2.24) is 0 Å². The first-order valence-corrected chi connectivity index (χ1v) is 5.29. The molecule has 0 aliphatic heterocycles. The second-order valence-corrected chi connectivity index (χ2v) is 3.82. The largest absolute Gasteiger partial charge is 0.772 e. The van der Waals surface area contributed by atoms with Crippen molar-refractivity contribution in [3.05, 3.63) is 29.8 Å². The molecule has 0 saturated carbocycles. The minimum Gasteiger partial charge on any atom is -0.772 e. The van der Waals surface area contributed by atoms with Gasteiger partial charge in [0.1, 0.15) is 0 Å². The van der Waals surface area contributed by atoms with Crippen LogP contribution in [-0.4, -0.2) is 21.1 Å². The Labute approximate surface area is 80.5 Å². The summed E-state index contributed by atoms with van der Waals surface area (Å²) in [5, 5.41) is 3.01. The predicted octanol–water partition coefficient (Wildman–Crippen LogP) is 1.29. The summed E-state index contributed by atoms with van der Waals surface area (Å²) in [5.41, 5.74) is 2.15. The fraction of sp³-hybridized carbons (Fsp3) is 0.333. The van der Waals surface area contributed by atoms with E-state index in [1.165, 1.54) is 5.56 Å². The molecule has 13 heavy (non-hydrogen) atoms. The van der Waals surface area contributed by atoms with Crippen LogP contribution in [-0.2, 0) is 11.1 Å². The molecule has 1 N–H and O–H groups in total. The van der Waals surface area contributed by atoms with Crippen molar-refractivity contribution in [1.29, 1.82) is 0 Å². The molecule has 1 unspecified atom stereocenters. The second-order valence-electron chi connectivity index (χ2n) is 2.80. The third kappa shape index (κ3) is 4.05. The van der Waals surface area contributed by atoms with Gasteiger partial charge in [0.15, 0.2) is 0 Å². The normalized spacial score (nSPS) is 12.5. The minimum absolute atomic E-state index is 0.147. The van der Waals surface area contributed by atoms with E-state index >= 15 is 0 Å². The summed E-state index contributed by atoms with van der Waals surface area (Å²) in [6.45, 7) is 2.47. The predicted molar refractivity (Wildman–Crippen MR) is 53.5 cm³/mol. The van der Waals surface area contributed by atoms with E-state index < -0.39 is 11.1 Å². The van der Waals surface area contributed by atoms with Crippen LogP contribution in [0, 0.1) is 6.92 Å². The van der Waals surface area contributed by atoms with Gasteiger partial charge in [-0.2, -0.15) is 0 Å². The molecule has 0 radical (unpaired) electrons. The second kappa shape index (κ2) is 4.99. The van der Waals surface area contributed by atoms with E-state index in [0.717, 1.165) is 5.69 Å². The van der Waals surface area contributed by atoms with Gasteiger partial charge in [-0.25, -0.2) is 0 Å². The third-order valence-electron chi connectivity index (χ3n) is 1.65. The highest BCUT2D eigenvalue weighted by molar-refractivity contribution is 7.79. The fourth-order valence-electron chi connectivity index (χ4n) is 0.950.